The molecule has 1 aliphatic heterocycles. The number of amides is 1. The third kappa shape index (κ3) is 5.27. The van der Waals surface area contributed by atoms with Gasteiger partial charge in [-0.05, 0) is 56.4 Å². The Morgan fingerprint density at radius 3 is 2.40 bits per heavy atom. The first-order valence-corrected chi connectivity index (χ1v) is 10.5. The van der Waals surface area contributed by atoms with Gasteiger partial charge in [-0.25, -0.2) is 9.69 Å². The molecular formula is C20H25BN2O6S. The van der Waals surface area contributed by atoms with Gasteiger partial charge in [0.15, 0.2) is 0 Å². The highest BCUT2D eigenvalue weighted by atomic mass is 32.2. The monoisotopic (exact) mass is 432 g/mol. The van der Waals surface area contributed by atoms with Gasteiger partial charge >= 0.3 is 7.12 Å². The van der Waals surface area contributed by atoms with Crippen LogP contribution >= 0.6 is 0 Å². The molecule has 2 aromatic rings. The van der Waals surface area contributed by atoms with Crippen molar-refractivity contribution in [1.82, 2.24) is 9.45 Å². The van der Waals surface area contributed by atoms with Crippen molar-refractivity contribution in [3.05, 3.63) is 59.9 Å². The van der Waals surface area contributed by atoms with Gasteiger partial charge in [0, 0.05) is 18.5 Å². The minimum Gasteiger partial charge on any atom is -0.399 e. The summed E-state index contributed by atoms with van der Waals surface area (Å²) in [5.74, 6) is -0.443. The van der Waals surface area contributed by atoms with E-state index in [4.69, 9.17) is 18.7 Å². The van der Waals surface area contributed by atoms with Gasteiger partial charge in [-0.1, -0.05) is 24.3 Å². The fourth-order valence-corrected chi connectivity index (χ4v) is 3.11. The number of hydrogen-bond donors (Lipinski definition) is 2. The molecule has 0 saturated carbocycles. The molecule has 2 heterocycles. The average molecular weight is 432 g/mol. The maximum Gasteiger partial charge on any atom is 0.494 e. The van der Waals surface area contributed by atoms with Gasteiger partial charge in [0.05, 0.1) is 17.8 Å². The number of nitrogens with zero attached hydrogens (tertiary/aromatic N) is 1. The molecule has 10 heteroatoms. The molecule has 1 aromatic heterocycles. The van der Waals surface area contributed by atoms with E-state index in [9.17, 15) is 9.00 Å². The van der Waals surface area contributed by atoms with E-state index in [0.717, 1.165) is 15.0 Å². The maximum atomic E-state index is 11.8. The van der Waals surface area contributed by atoms with Crippen LogP contribution in [0.4, 0.5) is 0 Å². The fraction of sp³-hybridized carbons (Fsp3) is 0.350. The van der Waals surface area contributed by atoms with Crippen LogP contribution in [0.1, 0.15) is 38.8 Å². The van der Waals surface area contributed by atoms with Crippen molar-refractivity contribution in [1.29, 1.82) is 0 Å². The molecule has 30 heavy (non-hydrogen) atoms. The Morgan fingerprint density at radius 1 is 1.20 bits per heavy atom. The lowest BCUT2D eigenvalue weighted by Crippen LogP contribution is -2.41. The van der Waals surface area contributed by atoms with Crippen LogP contribution in [-0.4, -0.2) is 37.0 Å². The van der Waals surface area contributed by atoms with Crippen LogP contribution in [0.5, 0.6) is 0 Å². The fourth-order valence-electron chi connectivity index (χ4n) is 2.73. The Labute approximate surface area is 178 Å². The van der Waals surface area contributed by atoms with Crippen LogP contribution in [0.2, 0.25) is 0 Å². The zero-order chi connectivity index (χ0) is 21.9. The molecule has 160 valence electrons. The highest BCUT2D eigenvalue weighted by Crippen LogP contribution is 2.36. The summed E-state index contributed by atoms with van der Waals surface area (Å²) in [6.45, 7) is 8.23. The lowest BCUT2D eigenvalue weighted by molar-refractivity contribution is -0.129. The Kier molecular flexibility index (Phi) is 6.64. The molecular weight excluding hydrogens is 407 g/mol. The van der Waals surface area contributed by atoms with Crippen molar-refractivity contribution in [2.24, 2.45) is 0 Å². The van der Waals surface area contributed by atoms with Crippen molar-refractivity contribution in [3.63, 3.8) is 0 Å². The number of rotatable bonds is 7. The van der Waals surface area contributed by atoms with Crippen LogP contribution < -0.4 is 10.9 Å². The Morgan fingerprint density at radius 2 is 1.83 bits per heavy atom. The van der Waals surface area contributed by atoms with Gasteiger partial charge in [0.25, 0.3) is 17.2 Å². The van der Waals surface area contributed by atoms with Crippen molar-refractivity contribution in [2.45, 2.75) is 45.5 Å². The molecule has 3 rings (SSSR count). The quantitative estimate of drug-likeness (QED) is 0.301. The molecule has 0 spiro atoms. The minimum absolute atomic E-state index is 0.198. The van der Waals surface area contributed by atoms with Crippen molar-refractivity contribution >= 4 is 35.8 Å². The SMILES string of the molecule is CC1(C)OB(c2ccc(CONC(=O)/C=C/c3ccn(S(=O)O)c3)cc2)OC1(C)C. The lowest BCUT2D eigenvalue weighted by Gasteiger charge is -2.32. The standard InChI is InChI=1S/C20H25BN2O6S/c1-19(2)20(3,4)29-21(28-19)17-8-5-16(6-9-17)14-27-22-18(24)10-7-15-11-12-23(13-15)30(25)26/h5-13H,14H2,1-4H3,(H,22,24)(H,25,26)/b10-7+. The van der Waals surface area contributed by atoms with Crippen molar-refractivity contribution in [2.75, 3.05) is 0 Å². The molecule has 0 bridgehead atoms. The second-order valence-electron chi connectivity index (χ2n) is 7.95. The second kappa shape index (κ2) is 8.87. The second-order valence-corrected chi connectivity index (χ2v) is 8.84. The number of benzene rings is 1. The van der Waals surface area contributed by atoms with E-state index in [1.807, 2.05) is 52.0 Å². The third-order valence-corrected chi connectivity index (χ3v) is 5.80. The first-order valence-electron chi connectivity index (χ1n) is 9.41. The summed E-state index contributed by atoms with van der Waals surface area (Å²) >= 11 is -2.12. The number of hydroxylamine groups is 1. The lowest BCUT2D eigenvalue weighted by atomic mass is 9.79. The number of carbonyl (C=O) groups is 1. The Bertz CT molecular complexity index is 938. The molecule has 0 radical (unpaired) electrons. The maximum absolute atomic E-state index is 11.8. The smallest absolute Gasteiger partial charge is 0.399 e. The van der Waals surface area contributed by atoms with Crippen LogP contribution in [0, 0.1) is 0 Å². The van der Waals surface area contributed by atoms with Gasteiger partial charge in [0.2, 0.25) is 0 Å². The Balaban J connectivity index is 1.47. The first-order chi connectivity index (χ1) is 14.1. The van der Waals surface area contributed by atoms with Gasteiger partial charge in [0.1, 0.15) is 0 Å². The largest absolute Gasteiger partial charge is 0.494 e. The number of hydrogen-bond acceptors (Lipinski definition) is 5. The summed E-state index contributed by atoms with van der Waals surface area (Å²) in [6.07, 6.45) is 5.68. The predicted molar refractivity (Wildman–Crippen MR) is 115 cm³/mol. The first kappa shape index (κ1) is 22.5. The summed E-state index contributed by atoms with van der Waals surface area (Å²) in [5, 5.41) is 0. The van der Waals surface area contributed by atoms with Gasteiger partial charge in [-0.15, -0.1) is 0 Å². The summed E-state index contributed by atoms with van der Waals surface area (Å²) in [5.41, 5.74) is 3.95. The molecule has 0 aliphatic carbocycles. The normalized spacial score (nSPS) is 18.6. The molecule has 1 unspecified atom stereocenters. The summed E-state index contributed by atoms with van der Waals surface area (Å²) in [7, 11) is -0.423. The van der Waals surface area contributed by atoms with E-state index < -0.39 is 35.5 Å². The van der Waals surface area contributed by atoms with E-state index in [-0.39, 0.29) is 6.61 Å². The van der Waals surface area contributed by atoms with Crippen LogP contribution in [0.3, 0.4) is 0 Å². The zero-order valence-electron chi connectivity index (χ0n) is 17.3. The molecule has 8 nitrogen and oxygen atoms in total. The predicted octanol–water partition coefficient (Wildman–Crippen LogP) is 2.03. The summed E-state index contributed by atoms with van der Waals surface area (Å²) in [6, 6.07) is 9.22. The van der Waals surface area contributed by atoms with E-state index >= 15 is 0 Å². The van der Waals surface area contributed by atoms with E-state index in [2.05, 4.69) is 5.48 Å². The number of carbonyl (C=O) groups excluding carboxylic acids is 1. The number of aromatic nitrogens is 1. The summed E-state index contributed by atoms with van der Waals surface area (Å²) in [4.78, 5) is 17.1. The zero-order valence-corrected chi connectivity index (χ0v) is 18.1. The minimum atomic E-state index is -2.12. The summed E-state index contributed by atoms with van der Waals surface area (Å²) < 4.78 is 33.1. The molecule has 1 amide bonds. The molecule has 1 saturated heterocycles. The van der Waals surface area contributed by atoms with Crippen LogP contribution in [0.15, 0.2) is 48.8 Å². The topological polar surface area (TPSA) is 99.0 Å². The van der Waals surface area contributed by atoms with Gasteiger partial charge in [-0.3, -0.25) is 18.2 Å². The van der Waals surface area contributed by atoms with Crippen LogP contribution in [0.25, 0.3) is 6.08 Å². The highest BCUT2D eigenvalue weighted by molar-refractivity contribution is 7.77. The number of nitrogens with one attached hydrogen (secondary N) is 1. The van der Waals surface area contributed by atoms with Crippen LogP contribution in [-0.2, 0) is 36.8 Å². The average Bonchev–Trinajstić information content (AvgIpc) is 3.23. The molecule has 1 atom stereocenters. The third-order valence-electron chi connectivity index (χ3n) is 5.21. The van der Waals surface area contributed by atoms with Gasteiger partial charge < -0.3 is 9.31 Å². The molecule has 1 fully saturated rings. The molecule has 1 aromatic carbocycles. The van der Waals surface area contributed by atoms with Crippen molar-refractivity contribution < 1.29 is 27.7 Å². The Hall–Kier alpha value is -2.24. The van der Waals surface area contributed by atoms with E-state index in [1.54, 1.807) is 6.07 Å². The van der Waals surface area contributed by atoms with E-state index in [1.165, 1.54) is 24.5 Å². The van der Waals surface area contributed by atoms with E-state index in [0.29, 0.717) is 5.56 Å². The van der Waals surface area contributed by atoms with Gasteiger partial charge in [-0.2, -0.15) is 0 Å². The highest BCUT2D eigenvalue weighted by Gasteiger charge is 2.51. The van der Waals surface area contributed by atoms with Crippen molar-refractivity contribution in [3.8, 4) is 0 Å². The molecule has 2 N–H and O–H groups in total. The molecule has 1 aliphatic rings.